The van der Waals surface area contributed by atoms with Gasteiger partial charge in [0.2, 0.25) is 5.91 Å². The van der Waals surface area contributed by atoms with E-state index in [1.54, 1.807) is 36.4 Å². The van der Waals surface area contributed by atoms with E-state index < -0.39 is 23.3 Å². The normalized spacial score (nSPS) is 22.8. The number of carboxylic acids is 1. The fourth-order valence-corrected chi connectivity index (χ4v) is 6.58. The van der Waals surface area contributed by atoms with Crippen LogP contribution in [0.4, 0.5) is 10.1 Å². The minimum absolute atomic E-state index is 0.172. The Morgan fingerprint density at radius 1 is 1.26 bits per heavy atom. The number of hydrogen-bond donors (Lipinski definition) is 2. The minimum atomic E-state index is -1.27. The van der Waals surface area contributed by atoms with Gasteiger partial charge in [-0.05, 0) is 59.9 Å². The zero-order chi connectivity index (χ0) is 30.8. The summed E-state index contributed by atoms with van der Waals surface area (Å²) in [4.78, 5) is 29.8. The predicted octanol–water partition coefficient (Wildman–Crippen LogP) is 7.46. The van der Waals surface area contributed by atoms with E-state index in [1.165, 1.54) is 18.2 Å². The number of nitrogens with zero attached hydrogens (tertiary/aromatic N) is 2. The number of allylic oxidation sites excluding steroid dienone is 4. The number of likely N-dealkylation sites (tertiary alicyclic amines) is 1. The molecule has 224 valence electrons. The molecule has 6 nitrogen and oxygen atoms in total. The molecule has 1 fully saturated rings. The van der Waals surface area contributed by atoms with Gasteiger partial charge in [0.1, 0.15) is 11.4 Å². The summed E-state index contributed by atoms with van der Waals surface area (Å²) in [6.07, 6.45) is 4.43. The molecule has 1 saturated heterocycles. The summed E-state index contributed by atoms with van der Waals surface area (Å²) in [5.74, 6) is -2.69. The first-order valence-electron chi connectivity index (χ1n) is 14.1. The molecule has 1 unspecified atom stereocenters. The summed E-state index contributed by atoms with van der Waals surface area (Å²) in [5.41, 5.74) is 1.05. The highest BCUT2D eigenvalue weighted by molar-refractivity contribution is 6.31. The van der Waals surface area contributed by atoms with Crippen molar-refractivity contribution in [1.82, 2.24) is 9.80 Å². The summed E-state index contributed by atoms with van der Waals surface area (Å²) in [6.45, 7) is 14.8. The molecule has 1 spiro atoms. The van der Waals surface area contributed by atoms with E-state index in [0.717, 1.165) is 11.1 Å². The number of carbonyl (C=O) groups is 2. The van der Waals surface area contributed by atoms with Gasteiger partial charge in [0.15, 0.2) is 0 Å². The first kappa shape index (κ1) is 32.0. The van der Waals surface area contributed by atoms with Gasteiger partial charge in [0.25, 0.3) is 0 Å². The largest absolute Gasteiger partial charge is 0.478 e. The monoisotopic (exact) mass is 613 g/mol. The molecule has 2 N–H and O–H groups in total. The first-order chi connectivity index (χ1) is 19.8. The van der Waals surface area contributed by atoms with Gasteiger partial charge in [0, 0.05) is 53.4 Å². The second kappa shape index (κ2) is 12.7. The summed E-state index contributed by atoms with van der Waals surface area (Å²) in [6, 6.07) is 12.1. The SMILES string of the molecule is C=C(Cl)/C=C\C=C(/F)C1[C@H](CN(CC)Cc2ccc(C(=O)O)cc2)CN(CC(C)(C)C)[C@@]12C(=O)Nc1cc(Cl)ccc12. The van der Waals surface area contributed by atoms with Gasteiger partial charge in [0.05, 0.1) is 5.56 Å². The Morgan fingerprint density at radius 2 is 1.95 bits per heavy atom. The standard InChI is InChI=1S/C33H38Cl2FN3O3/c1-6-38(17-22-10-12-23(13-11-22)30(40)41)18-24-19-39(20-32(3,4)5)33(29(24)27(36)9-7-8-21(2)34)26-15-14-25(35)16-28(26)37-31(33)42/h7-16,24,29H,2,6,17-20H2,1,3-5H3,(H,37,42)(H,40,41)/b8-7-,27-9-/t24-,29?,33-/m1/s1. The Hall–Kier alpha value is -2.97. The third-order valence-electron chi connectivity index (χ3n) is 7.90. The van der Waals surface area contributed by atoms with Gasteiger partial charge in [-0.2, -0.15) is 0 Å². The van der Waals surface area contributed by atoms with Crippen molar-refractivity contribution < 1.29 is 19.1 Å². The molecule has 0 aliphatic carbocycles. The second-order valence-corrected chi connectivity index (χ2v) is 13.2. The van der Waals surface area contributed by atoms with Crippen LogP contribution in [0.2, 0.25) is 5.02 Å². The van der Waals surface area contributed by atoms with E-state index in [-0.39, 0.29) is 27.8 Å². The van der Waals surface area contributed by atoms with Gasteiger partial charge in [-0.1, -0.05) is 81.8 Å². The number of rotatable bonds is 10. The Bertz CT molecular complexity index is 1420. The third-order valence-corrected chi connectivity index (χ3v) is 8.26. The van der Waals surface area contributed by atoms with Crippen LogP contribution in [-0.4, -0.2) is 53.0 Å². The molecule has 0 aromatic heterocycles. The molecular formula is C33H38Cl2FN3O3. The van der Waals surface area contributed by atoms with Crippen LogP contribution in [0, 0.1) is 17.3 Å². The maximum Gasteiger partial charge on any atom is 0.335 e. The Kier molecular flexibility index (Phi) is 9.68. The molecule has 2 aliphatic heterocycles. The van der Waals surface area contributed by atoms with Crippen molar-refractivity contribution in [1.29, 1.82) is 0 Å². The van der Waals surface area contributed by atoms with E-state index in [2.05, 4.69) is 42.5 Å². The van der Waals surface area contributed by atoms with Gasteiger partial charge in [-0.15, -0.1) is 0 Å². The minimum Gasteiger partial charge on any atom is -0.478 e. The highest BCUT2D eigenvalue weighted by Crippen LogP contribution is 2.56. The average Bonchev–Trinajstić information content (AvgIpc) is 3.36. The van der Waals surface area contributed by atoms with Crippen molar-refractivity contribution in [2.75, 3.05) is 31.5 Å². The Balaban J connectivity index is 1.80. The summed E-state index contributed by atoms with van der Waals surface area (Å²) in [5, 5.41) is 13.0. The van der Waals surface area contributed by atoms with Crippen LogP contribution in [0.15, 0.2) is 78.1 Å². The zero-order valence-corrected chi connectivity index (χ0v) is 26.0. The van der Waals surface area contributed by atoms with Crippen LogP contribution in [0.5, 0.6) is 0 Å². The number of anilines is 1. The lowest BCUT2D eigenvalue weighted by Gasteiger charge is -2.40. The smallest absolute Gasteiger partial charge is 0.335 e. The molecule has 2 heterocycles. The van der Waals surface area contributed by atoms with Gasteiger partial charge >= 0.3 is 5.97 Å². The van der Waals surface area contributed by atoms with Crippen LogP contribution < -0.4 is 5.32 Å². The number of nitrogens with one attached hydrogen (secondary N) is 1. The molecule has 4 rings (SSSR count). The number of halogens is 3. The number of hydrogen-bond acceptors (Lipinski definition) is 4. The van der Waals surface area contributed by atoms with Crippen LogP contribution in [0.3, 0.4) is 0 Å². The van der Waals surface area contributed by atoms with Crippen molar-refractivity contribution in [3.63, 3.8) is 0 Å². The molecule has 2 aromatic rings. The lowest BCUT2D eigenvalue weighted by Crippen LogP contribution is -2.53. The van der Waals surface area contributed by atoms with Crippen LogP contribution in [0.1, 0.15) is 49.2 Å². The molecule has 0 bridgehead atoms. The Morgan fingerprint density at radius 3 is 2.55 bits per heavy atom. The molecule has 2 aromatic carbocycles. The molecule has 9 heteroatoms. The third kappa shape index (κ3) is 6.65. The van der Waals surface area contributed by atoms with Crippen LogP contribution in [-0.2, 0) is 16.9 Å². The van der Waals surface area contributed by atoms with Crippen molar-refractivity contribution in [2.45, 2.75) is 39.8 Å². The van der Waals surface area contributed by atoms with Gasteiger partial charge in [-0.3, -0.25) is 14.6 Å². The highest BCUT2D eigenvalue weighted by Gasteiger charge is 2.64. The van der Waals surface area contributed by atoms with Crippen molar-refractivity contribution in [3.05, 3.63) is 99.8 Å². The molecule has 42 heavy (non-hydrogen) atoms. The van der Waals surface area contributed by atoms with E-state index >= 15 is 4.39 Å². The predicted molar refractivity (Wildman–Crippen MR) is 167 cm³/mol. The van der Waals surface area contributed by atoms with Crippen molar-refractivity contribution in [2.24, 2.45) is 17.3 Å². The maximum atomic E-state index is 16.6. The van der Waals surface area contributed by atoms with Gasteiger partial charge < -0.3 is 10.4 Å². The maximum absolute atomic E-state index is 16.6. The fourth-order valence-electron chi connectivity index (χ4n) is 6.33. The second-order valence-electron chi connectivity index (χ2n) is 12.3. The lowest BCUT2D eigenvalue weighted by molar-refractivity contribution is -0.129. The number of amides is 1. The number of benzene rings is 2. The zero-order valence-electron chi connectivity index (χ0n) is 24.5. The molecule has 1 amide bonds. The highest BCUT2D eigenvalue weighted by atomic mass is 35.5. The average molecular weight is 615 g/mol. The van der Waals surface area contributed by atoms with Crippen LogP contribution >= 0.6 is 23.2 Å². The van der Waals surface area contributed by atoms with Crippen molar-refractivity contribution in [3.8, 4) is 0 Å². The van der Waals surface area contributed by atoms with Crippen molar-refractivity contribution >= 4 is 40.8 Å². The summed E-state index contributed by atoms with van der Waals surface area (Å²) in [7, 11) is 0. The number of aromatic carboxylic acids is 1. The summed E-state index contributed by atoms with van der Waals surface area (Å²) < 4.78 is 16.6. The number of carboxylic acid groups (broad SMARTS) is 1. The van der Waals surface area contributed by atoms with Crippen LogP contribution in [0.25, 0.3) is 0 Å². The Labute approximate surface area is 257 Å². The van der Waals surface area contributed by atoms with E-state index in [0.29, 0.717) is 43.4 Å². The summed E-state index contributed by atoms with van der Waals surface area (Å²) >= 11 is 12.2. The van der Waals surface area contributed by atoms with E-state index in [1.807, 2.05) is 13.0 Å². The first-order valence-corrected chi connectivity index (χ1v) is 14.8. The molecule has 0 saturated carbocycles. The quantitative estimate of drug-likeness (QED) is 0.272. The number of fused-ring (bicyclic) bond motifs is 2. The topological polar surface area (TPSA) is 72.9 Å². The lowest BCUT2D eigenvalue weighted by atomic mass is 9.74. The molecule has 2 aliphatic rings. The fraction of sp³-hybridized carbons (Fsp3) is 0.394. The van der Waals surface area contributed by atoms with Gasteiger partial charge in [-0.25, -0.2) is 9.18 Å². The number of carbonyl (C=O) groups excluding carboxylic acids is 1. The molecule has 0 radical (unpaired) electrons. The molecular weight excluding hydrogens is 576 g/mol. The van der Waals surface area contributed by atoms with E-state index in [9.17, 15) is 14.7 Å². The van der Waals surface area contributed by atoms with E-state index in [4.69, 9.17) is 23.2 Å². The molecule has 3 atom stereocenters.